The second-order valence-corrected chi connectivity index (χ2v) is 5.36. The Bertz CT molecular complexity index is 593. The Morgan fingerprint density at radius 3 is 2.89 bits per heavy atom. The maximum Gasteiger partial charge on any atom is 0.0992 e. The van der Waals surface area contributed by atoms with Crippen molar-refractivity contribution < 1.29 is 5.11 Å². The van der Waals surface area contributed by atoms with Crippen molar-refractivity contribution in [2.75, 3.05) is 18.0 Å². The molecule has 3 rings (SSSR count). The number of halogens is 1. The highest BCUT2D eigenvalue weighted by molar-refractivity contribution is 6.31. The zero-order valence-corrected chi connectivity index (χ0v) is 11.0. The van der Waals surface area contributed by atoms with Crippen LogP contribution in [0.3, 0.4) is 0 Å². The minimum atomic E-state index is -0.526. The number of aromatic nitrogens is 1. The molecule has 1 aliphatic heterocycles. The van der Waals surface area contributed by atoms with Crippen molar-refractivity contribution in [3.8, 4) is 0 Å². The predicted molar refractivity (Wildman–Crippen MR) is 74.2 cm³/mol. The molecule has 2 heterocycles. The zero-order valence-electron chi connectivity index (χ0n) is 10.2. The predicted octanol–water partition coefficient (Wildman–Crippen LogP) is 2.85. The Morgan fingerprint density at radius 2 is 2.17 bits per heavy atom. The first-order valence-electron chi connectivity index (χ1n) is 6.13. The lowest BCUT2D eigenvalue weighted by atomic mass is 9.90. The molecule has 0 atom stereocenters. The first-order valence-corrected chi connectivity index (χ1v) is 6.51. The molecule has 3 nitrogen and oxygen atoms in total. The summed E-state index contributed by atoms with van der Waals surface area (Å²) in [6.45, 7) is 3.39. The Balaban J connectivity index is 1.99. The third kappa shape index (κ3) is 1.84. The monoisotopic (exact) mass is 262 g/mol. The van der Waals surface area contributed by atoms with Gasteiger partial charge in [0.15, 0.2) is 0 Å². The van der Waals surface area contributed by atoms with E-state index in [-0.39, 0.29) is 0 Å². The Hall–Kier alpha value is -1.32. The SMILES string of the molecule is CCC1(O)CN(c2ccnc3cc(Cl)ccc23)C1. The Kier molecular flexibility index (Phi) is 2.68. The van der Waals surface area contributed by atoms with E-state index < -0.39 is 5.60 Å². The summed E-state index contributed by atoms with van der Waals surface area (Å²) in [5.74, 6) is 0. The number of aliphatic hydroxyl groups is 1. The van der Waals surface area contributed by atoms with Crippen molar-refractivity contribution in [1.29, 1.82) is 0 Å². The second-order valence-electron chi connectivity index (χ2n) is 4.93. The Labute approximate surface area is 111 Å². The molecule has 0 unspecified atom stereocenters. The number of fused-ring (bicyclic) bond motifs is 1. The molecule has 0 radical (unpaired) electrons. The maximum atomic E-state index is 10.1. The van der Waals surface area contributed by atoms with E-state index in [9.17, 15) is 5.11 Å². The van der Waals surface area contributed by atoms with Gasteiger partial charge >= 0.3 is 0 Å². The smallest absolute Gasteiger partial charge is 0.0992 e. The molecule has 1 saturated heterocycles. The van der Waals surface area contributed by atoms with E-state index in [2.05, 4.69) is 9.88 Å². The van der Waals surface area contributed by atoms with Crippen molar-refractivity contribution >= 4 is 28.2 Å². The fourth-order valence-corrected chi connectivity index (χ4v) is 2.61. The van der Waals surface area contributed by atoms with Crippen LogP contribution in [0.4, 0.5) is 5.69 Å². The molecule has 94 valence electrons. The van der Waals surface area contributed by atoms with E-state index >= 15 is 0 Å². The average molecular weight is 263 g/mol. The molecule has 1 fully saturated rings. The third-order valence-electron chi connectivity index (χ3n) is 3.65. The molecule has 1 N–H and O–H groups in total. The summed E-state index contributed by atoms with van der Waals surface area (Å²) in [7, 11) is 0. The summed E-state index contributed by atoms with van der Waals surface area (Å²) in [6, 6.07) is 7.72. The minimum Gasteiger partial charge on any atom is -0.386 e. The van der Waals surface area contributed by atoms with Gasteiger partial charge in [-0.05, 0) is 30.7 Å². The molecule has 18 heavy (non-hydrogen) atoms. The van der Waals surface area contributed by atoms with Gasteiger partial charge in [-0.3, -0.25) is 4.98 Å². The highest BCUT2D eigenvalue weighted by Crippen LogP contribution is 2.34. The van der Waals surface area contributed by atoms with E-state index in [1.54, 1.807) is 6.20 Å². The standard InChI is InChI=1S/C14H15ClN2O/c1-2-14(18)8-17(9-14)13-5-6-16-12-7-10(15)3-4-11(12)13/h3-7,18H,2,8-9H2,1H3. The molecule has 0 saturated carbocycles. The van der Waals surface area contributed by atoms with Crippen molar-refractivity contribution in [2.24, 2.45) is 0 Å². The average Bonchev–Trinajstić information content (AvgIpc) is 2.34. The quantitative estimate of drug-likeness (QED) is 0.904. The highest BCUT2D eigenvalue weighted by Gasteiger charge is 2.39. The number of benzene rings is 1. The summed E-state index contributed by atoms with van der Waals surface area (Å²) in [5.41, 5.74) is 1.49. The van der Waals surface area contributed by atoms with Crippen LogP contribution in [-0.4, -0.2) is 28.8 Å². The molecule has 0 amide bonds. The molecule has 4 heteroatoms. The minimum absolute atomic E-state index is 0.526. The summed E-state index contributed by atoms with van der Waals surface area (Å²) in [4.78, 5) is 6.51. The van der Waals surface area contributed by atoms with Crippen LogP contribution in [0.2, 0.25) is 5.02 Å². The third-order valence-corrected chi connectivity index (χ3v) is 3.89. The number of hydrogen-bond acceptors (Lipinski definition) is 3. The van der Waals surface area contributed by atoms with Crippen LogP contribution >= 0.6 is 11.6 Å². The lowest BCUT2D eigenvalue weighted by molar-refractivity contribution is 0.00869. The number of β-amino-alcohol motifs (C(OH)–C–C–N with tert-alkyl or cyclic N) is 1. The maximum absolute atomic E-state index is 10.1. The van der Waals surface area contributed by atoms with Crippen LogP contribution in [0.25, 0.3) is 10.9 Å². The highest BCUT2D eigenvalue weighted by atomic mass is 35.5. The first kappa shape index (κ1) is 11.8. The van der Waals surface area contributed by atoms with Crippen LogP contribution in [0.1, 0.15) is 13.3 Å². The fourth-order valence-electron chi connectivity index (χ4n) is 2.44. The number of rotatable bonds is 2. The molecule has 1 aromatic carbocycles. The van der Waals surface area contributed by atoms with E-state index in [0.29, 0.717) is 18.1 Å². The molecule has 1 aromatic heterocycles. The fraction of sp³-hybridized carbons (Fsp3) is 0.357. The van der Waals surface area contributed by atoms with Gasteiger partial charge in [-0.15, -0.1) is 0 Å². The van der Waals surface area contributed by atoms with Crippen LogP contribution in [0.15, 0.2) is 30.5 Å². The van der Waals surface area contributed by atoms with Gasteiger partial charge in [0.05, 0.1) is 11.1 Å². The van der Waals surface area contributed by atoms with Crippen molar-refractivity contribution in [2.45, 2.75) is 18.9 Å². The van der Waals surface area contributed by atoms with Gasteiger partial charge in [-0.1, -0.05) is 18.5 Å². The molecule has 0 aliphatic carbocycles. The topological polar surface area (TPSA) is 36.4 Å². The molecule has 1 aliphatic rings. The summed E-state index contributed by atoms with van der Waals surface area (Å²) in [6.07, 6.45) is 2.58. The van der Waals surface area contributed by atoms with Gasteiger partial charge in [0.25, 0.3) is 0 Å². The normalized spacial score (nSPS) is 17.8. The van der Waals surface area contributed by atoms with Crippen molar-refractivity contribution in [3.05, 3.63) is 35.5 Å². The molecular weight excluding hydrogens is 248 g/mol. The van der Waals surface area contributed by atoms with Crippen LogP contribution in [-0.2, 0) is 0 Å². The largest absolute Gasteiger partial charge is 0.386 e. The van der Waals surface area contributed by atoms with E-state index in [1.807, 2.05) is 31.2 Å². The Morgan fingerprint density at radius 1 is 1.39 bits per heavy atom. The van der Waals surface area contributed by atoms with Gasteiger partial charge in [-0.25, -0.2) is 0 Å². The van der Waals surface area contributed by atoms with Gasteiger partial charge in [-0.2, -0.15) is 0 Å². The number of pyridine rings is 1. The van der Waals surface area contributed by atoms with E-state index in [0.717, 1.165) is 23.0 Å². The number of anilines is 1. The molecule has 0 spiro atoms. The van der Waals surface area contributed by atoms with Gasteiger partial charge in [0.2, 0.25) is 0 Å². The van der Waals surface area contributed by atoms with Crippen LogP contribution in [0.5, 0.6) is 0 Å². The zero-order chi connectivity index (χ0) is 12.8. The van der Waals surface area contributed by atoms with Gasteiger partial charge < -0.3 is 10.0 Å². The second kappa shape index (κ2) is 4.11. The molecular formula is C14H15ClN2O. The van der Waals surface area contributed by atoms with E-state index in [1.165, 1.54) is 0 Å². The van der Waals surface area contributed by atoms with Crippen LogP contribution < -0.4 is 4.90 Å². The number of nitrogens with zero attached hydrogens (tertiary/aromatic N) is 2. The van der Waals surface area contributed by atoms with Crippen LogP contribution in [0, 0.1) is 0 Å². The van der Waals surface area contributed by atoms with E-state index in [4.69, 9.17) is 11.6 Å². The lowest BCUT2D eigenvalue weighted by Crippen LogP contribution is -2.61. The summed E-state index contributed by atoms with van der Waals surface area (Å²) < 4.78 is 0. The number of hydrogen-bond donors (Lipinski definition) is 1. The van der Waals surface area contributed by atoms with Crippen molar-refractivity contribution in [3.63, 3.8) is 0 Å². The summed E-state index contributed by atoms with van der Waals surface area (Å²) >= 11 is 5.97. The van der Waals surface area contributed by atoms with Gasteiger partial charge in [0.1, 0.15) is 0 Å². The lowest BCUT2D eigenvalue weighted by Gasteiger charge is -2.47. The molecule has 0 bridgehead atoms. The first-order chi connectivity index (χ1) is 8.61. The summed E-state index contributed by atoms with van der Waals surface area (Å²) in [5, 5.41) is 11.9. The van der Waals surface area contributed by atoms with Crippen molar-refractivity contribution in [1.82, 2.24) is 4.98 Å². The van der Waals surface area contributed by atoms with Gasteiger partial charge in [0, 0.05) is 35.4 Å². The molecule has 2 aromatic rings.